The second-order valence-corrected chi connectivity index (χ2v) is 5.30. The summed E-state index contributed by atoms with van der Waals surface area (Å²) in [5.74, 6) is 0. The van der Waals surface area contributed by atoms with Gasteiger partial charge < -0.3 is 14.4 Å². The average molecular weight is 339 g/mol. The lowest BCUT2D eigenvalue weighted by molar-refractivity contribution is -0.385. The lowest BCUT2D eigenvalue weighted by Gasteiger charge is -2.13. The zero-order valence-electron chi connectivity index (χ0n) is 12.1. The maximum atomic E-state index is 11.6. The molecular weight excluding hydrogens is 324 g/mol. The van der Waals surface area contributed by atoms with Crippen LogP contribution >= 0.6 is 11.6 Å². The number of rotatable bonds is 7. The third kappa shape index (κ3) is 4.88. The van der Waals surface area contributed by atoms with E-state index < -0.39 is 16.6 Å². The molecule has 1 aromatic heterocycles. The number of hydrogen-bond donors (Lipinski definition) is 1. The van der Waals surface area contributed by atoms with Crippen LogP contribution in [0, 0.1) is 10.1 Å². The fourth-order valence-corrected chi connectivity index (χ4v) is 2.16. The number of benzene rings is 1. The second-order valence-electron chi connectivity index (χ2n) is 4.90. The number of aliphatic hydroxyl groups is 1. The van der Waals surface area contributed by atoms with Gasteiger partial charge in [0, 0.05) is 17.2 Å². The van der Waals surface area contributed by atoms with Gasteiger partial charge in [0.05, 0.1) is 37.0 Å². The zero-order valence-corrected chi connectivity index (χ0v) is 12.8. The van der Waals surface area contributed by atoms with Crippen LogP contribution in [-0.2, 0) is 17.9 Å². The summed E-state index contributed by atoms with van der Waals surface area (Å²) in [5, 5.41) is 21.2. The van der Waals surface area contributed by atoms with E-state index in [1.165, 1.54) is 0 Å². The molecule has 0 spiro atoms. The van der Waals surface area contributed by atoms with Gasteiger partial charge in [-0.05, 0) is 11.6 Å². The molecule has 0 saturated carbocycles. The molecule has 0 fully saturated rings. The Hall–Kier alpha value is -2.22. The normalized spacial score (nSPS) is 12.1. The van der Waals surface area contributed by atoms with Crippen LogP contribution in [0.2, 0.25) is 5.02 Å². The maximum Gasteiger partial charge on any atom is 0.285 e. The van der Waals surface area contributed by atoms with Crippen LogP contribution in [0.3, 0.4) is 0 Å². The van der Waals surface area contributed by atoms with E-state index in [-0.39, 0.29) is 25.4 Å². The topological polar surface area (TPSA) is 94.6 Å². The molecule has 2 aromatic rings. The second kappa shape index (κ2) is 7.87. The highest BCUT2D eigenvalue weighted by Gasteiger charge is 2.12. The molecule has 8 heteroatoms. The highest BCUT2D eigenvalue weighted by atomic mass is 35.5. The predicted molar refractivity (Wildman–Crippen MR) is 84.5 cm³/mol. The van der Waals surface area contributed by atoms with E-state index in [2.05, 4.69) is 0 Å². The third-order valence-corrected chi connectivity index (χ3v) is 3.48. The molecule has 1 atom stereocenters. The van der Waals surface area contributed by atoms with Gasteiger partial charge in [0.15, 0.2) is 0 Å². The monoisotopic (exact) mass is 338 g/mol. The van der Waals surface area contributed by atoms with Crippen molar-refractivity contribution in [3.63, 3.8) is 0 Å². The van der Waals surface area contributed by atoms with Gasteiger partial charge in [0.2, 0.25) is 0 Å². The number of pyridine rings is 1. The molecule has 1 N–H and O–H groups in total. The van der Waals surface area contributed by atoms with Gasteiger partial charge in [0.25, 0.3) is 11.2 Å². The molecule has 122 valence electrons. The molecule has 0 amide bonds. The molecule has 2 rings (SSSR count). The highest BCUT2D eigenvalue weighted by molar-refractivity contribution is 6.31. The summed E-state index contributed by atoms with van der Waals surface area (Å²) >= 11 is 5.99. The molecule has 0 aliphatic heterocycles. The Morgan fingerprint density at radius 2 is 2.04 bits per heavy atom. The van der Waals surface area contributed by atoms with Gasteiger partial charge >= 0.3 is 0 Å². The summed E-state index contributed by atoms with van der Waals surface area (Å²) in [7, 11) is 0. The molecule has 0 bridgehead atoms. The van der Waals surface area contributed by atoms with Crippen molar-refractivity contribution >= 4 is 17.3 Å². The fraction of sp³-hybridized carbons (Fsp3) is 0.267. The van der Waals surface area contributed by atoms with E-state index in [0.29, 0.717) is 5.02 Å². The lowest BCUT2D eigenvalue weighted by atomic mass is 10.2. The van der Waals surface area contributed by atoms with Crippen LogP contribution in [0.25, 0.3) is 0 Å². The summed E-state index contributed by atoms with van der Waals surface area (Å²) in [6, 6.07) is 9.38. The van der Waals surface area contributed by atoms with Gasteiger partial charge in [-0.15, -0.1) is 0 Å². The third-order valence-electron chi connectivity index (χ3n) is 3.11. The minimum Gasteiger partial charge on any atom is -0.389 e. The van der Waals surface area contributed by atoms with Crippen LogP contribution in [0.4, 0.5) is 5.69 Å². The van der Waals surface area contributed by atoms with Gasteiger partial charge in [0.1, 0.15) is 0 Å². The Kier molecular flexibility index (Phi) is 5.86. The summed E-state index contributed by atoms with van der Waals surface area (Å²) in [5.41, 5.74) is 0.142. The van der Waals surface area contributed by atoms with Gasteiger partial charge in [-0.25, -0.2) is 0 Å². The highest BCUT2D eigenvalue weighted by Crippen LogP contribution is 2.15. The molecule has 23 heavy (non-hydrogen) atoms. The molecule has 0 saturated heterocycles. The molecule has 0 radical (unpaired) electrons. The zero-order chi connectivity index (χ0) is 16.8. The molecule has 1 heterocycles. The SMILES string of the molecule is O=c1ccc([N+](=O)[O-])cn1C[C@@H](O)COCc1ccccc1Cl. The Bertz CT molecular complexity index is 747. The van der Waals surface area contributed by atoms with Gasteiger partial charge in [-0.3, -0.25) is 14.9 Å². The number of nitro groups is 1. The minimum absolute atomic E-state index is 0.0274. The van der Waals surface area contributed by atoms with Crippen LogP contribution in [0.1, 0.15) is 5.56 Å². The number of halogens is 1. The standard InChI is InChI=1S/C15H15ClN2O5/c16-14-4-2-1-3-11(14)9-23-10-13(19)8-17-7-12(18(21)22)5-6-15(17)20/h1-7,13,19H,8-10H2/t13-/m1/s1. The largest absolute Gasteiger partial charge is 0.389 e. The predicted octanol–water partition coefficient (Wildman–Crippen LogP) is 1.99. The van der Waals surface area contributed by atoms with E-state index in [4.69, 9.17) is 16.3 Å². The summed E-state index contributed by atoms with van der Waals surface area (Å²) in [6.45, 7) is 0.101. The first kappa shape index (κ1) is 17.1. The molecule has 1 aromatic carbocycles. The minimum atomic E-state index is -0.975. The van der Waals surface area contributed by atoms with E-state index in [0.717, 1.165) is 28.5 Å². The number of aromatic nitrogens is 1. The van der Waals surface area contributed by atoms with Crippen molar-refractivity contribution in [1.29, 1.82) is 0 Å². The summed E-state index contributed by atoms with van der Waals surface area (Å²) < 4.78 is 6.45. The molecule has 0 unspecified atom stereocenters. The van der Waals surface area contributed by atoms with Crippen molar-refractivity contribution in [2.45, 2.75) is 19.3 Å². The van der Waals surface area contributed by atoms with Crippen molar-refractivity contribution in [2.75, 3.05) is 6.61 Å². The number of hydrogen-bond acceptors (Lipinski definition) is 5. The Labute approximate surface area is 136 Å². The van der Waals surface area contributed by atoms with E-state index in [1.54, 1.807) is 18.2 Å². The van der Waals surface area contributed by atoms with Crippen LogP contribution in [-0.4, -0.2) is 27.3 Å². The quantitative estimate of drug-likeness (QED) is 0.615. The number of aliphatic hydroxyl groups excluding tert-OH is 1. The first-order valence-corrected chi connectivity index (χ1v) is 7.19. The molecule has 0 aliphatic rings. The molecular formula is C15H15ClN2O5. The lowest BCUT2D eigenvalue weighted by Crippen LogP contribution is -2.28. The van der Waals surface area contributed by atoms with Crippen LogP contribution in [0.5, 0.6) is 0 Å². The van der Waals surface area contributed by atoms with Crippen molar-refractivity contribution in [3.8, 4) is 0 Å². The maximum absolute atomic E-state index is 11.6. The van der Waals surface area contributed by atoms with Crippen molar-refractivity contribution in [3.05, 3.63) is 73.6 Å². The van der Waals surface area contributed by atoms with Crippen molar-refractivity contribution < 1.29 is 14.8 Å². The fourth-order valence-electron chi connectivity index (χ4n) is 1.97. The Balaban J connectivity index is 1.91. The summed E-state index contributed by atoms with van der Waals surface area (Å²) in [6.07, 6.45) is 0.122. The van der Waals surface area contributed by atoms with Crippen LogP contribution < -0.4 is 5.56 Å². The van der Waals surface area contributed by atoms with E-state index >= 15 is 0 Å². The summed E-state index contributed by atoms with van der Waals surface area (Å²) in [4.78, 5) is 21.7. The Morgan fingerprint density at radius 3 is 2.74 bits per heavy atom. The number of ether oxygens (including phenoxy) is 1. The smallest absolute Gasteiger partial charge is 0.285 e. The number of nitrogens with zero attached hydrogens (tertiary/aromatic N) is 2. The Morgan fingerprint density at radius 1 is 1.30 bits per heavy atom. The van der Waals surface area contributed by atoms with Crippen molar-refractivity contribution in [2.24, 2.45) is 0 Å². The molecule has 7 nitrogen and oxygen atoms in total. The van der Waals surface area contributed by atoms with Gasteiger partial charge in [-0.2, -0.15) is 0 Å². The van der Waals surface area contributed by atoms with Crippen LogP contribution in [0.15, 0.2) is 47.4 Å². The van der Waals surface area contributed by atoms with E-state index in [9.17, 15) is 20.0 Å². The van der Waals surface area contributed by atoms with Crippen molar-refractivity contribution in [1.82, 2.24) is 4.57 Å². The first-order chi connectivity index (χ1) is 11.0. The average Bonchev–Trinajstić information content (AvgIpc) is 2.51. The first-order valence-electron chi connectivity index (χ1n) is 6.81. The molecule has 0 aliphatic carbocycles. The van der Waals surface area contributed by atoms with Gasteiger partial charge in [-0.1, -0.05) is 29.8 Å². The van der Waals surface area contributed by atoms with E-state index in [1.807, 2.05) is 6.07 Å².